The summed E-state index contributed by atoms with van der Waals surface area (Å²) >= 11 is 5.89. The molecule has 0 aliphatic carbocycles. The molecule has 2 rings (SSSR count). The molecule has 80 valence electrons. The highest BCUT2D eigenvalue weighted by Gasteiger charge is 2.20. The summed E-state index contributed by atoms with van der Waals surface area (Å²) < 4.78 is 2.23. The number of aromatic nitrogens is 2. The average Bonchev–Trinajstić information content (AvgIpc) is 2.66. The molecule has 0 fully saturated rings. The van der Waals surface area contributed by atoms with Gasteiger partial charge in [0.2, 0.25) is 0 Å². The zero-order valence-corrected chi connectivity index (χ0v) is 9.72. The van der Waals surface area contributed by atoms with Crippen molar-refractivity contribution in [2.45, 2.75) is 32.2 Å². The second kappa shape index (κ2) is 4.23. The van der Waals surface area contributed by atoms with Crippen molar-refractivity contribution in [2.75, 3.05) is 0 Å². The number of hydrogen-bond donors (Lipinski definition) is 0. The fourth-order valence-corrected chi connectivity index (χ4v) is 2.37. The highest BCUT2D eigenvalue weighted by molar-refractivity contribution is 6.16. The Balaban J connectivity index is 2.62. The van der Waals surface area contributed by atoms with E-state index in [0.717, 1.165) is 24.5 Å². The number of imidazole rings is 1. The molecule has 0 aromatic carbocycles. The summed E-state index contributed by atoms with van der Waals surface area (Å²) in [5.41, 5.74) is 3.55. The van der Waals surface area contributed by atoms with Gasteiger partial charge in [0.1, 0.15) is 5.82 Å². The van der Waals surface area contributed by atoms with Gasteiger partial charge in [-0.25, -0.2) is 4.98 Å². The molecule has 15 heavy (non-hydrogen) atoms. The zero-order valence-electron chi connectivity index (χ0n) is 8.96. The Morgan fingerprint density at radius 1 is 1.60 bits per heavy atom. The molecule has 0 atom stereocenters. The molecule has 0 saturated heterocycles. The van der Waals surface area contributed by atoms with Gasteiger partial charge < -0.3 is 4.57 Å². The summed E-state index contributed by atoms with van der Waals surface area (Å²) in [6.45, 7) is 6.91. The van der Waals surface area contributed by atoms with Crippen molar-refractivity contribution in [3.8, 4) is 0 Å². The van der Waals surface area contributed by atoms with Crippen LogP contribution in [0.15, 0.2) is 12.7 Å². The maximum Gasteiger partial charge on any atom is 0.124 e. The molecule has 0 amide bonds. The second-order valence-electron chi connectivity index (χ2n) is 3.67. The van der Waals surface area contributed by atoms with Crippen LogP contribution in [0.5, 0.6) is 0 Å². The van der Waals surface area contributed by atoms with E-state index in [4.69, 9.17) is 11.6 Å². The number of fused-ring (bicyclic) bond motifs is 1. The predicted octanol–water partition coefficient (Wildman–Crippen LogP) is 3.46. The number of rotatable bonds is 2. The molecule has 0 unspecified atom stereocenters. The lowest BCUT2D eigenvalue weighted by Crippen LogP contribution is -2.11. The van der Waals surface area contributed by atoms with Crippen LogP contribution >= 0.6 is 11.6 Å². The number of hydrogen-bond acceptors (Lipinski definition) is 1. The summed E-state index contributed by atoms with van der Waals surface area (Å²) in [5.74, 6) is 1.43. The first-order chi connectivity index (χ1) is 7.31. The molecule has 1 aliphatic rings. The summed E-state index contributed by atoms with van der Waals surface area (Å²) in [4.78, 5) is 4.50. The largest absolute Gasteiger partial charge is 0.327 e. The normalized spacial score (nSPS) is 17.9. The van der Waals surface area contributed by atoms with Crippen molar-refractivity contribution in [3.63, 3.8) is 0 Å². The van der Waals surface area contributed by atoms with Crippen LogP contribution in [0.1, 0.15) is 37.0 Å². The van der Waals surface area contributed by atoms with E-state index in [9.17, 15) is 0 Å². The van der Waals surface area contributed by atoms with Gasteiger partial charge in [0.15, 0.2) is 0 Å². The molecule has 0 spiro atoms. The summed E-state index contributed by atoms with van der Waals surface area (Å²) in [6.07, 6.45) is 6.28. The van der Waals surface area contributed by atoms with Crippen LogP contribution in [-0.2, 0) is 12.4 Å². The Morgan fingerprint density at radius 3 is 3.00 bits per heavy atom. The lowest BCUT2D eigenvalue weighted by molar-refractivity contribution is 0.599. The van der Waals surface area contributed by atoms with Crippen LogP contribution in [-0.4, -0.2) is 9.55 Å². The molecule has 2 heterocycles. The van der Waals surface area contributed by atoms with Crippen molar-refractivity contribution in [1.82, 2.24) is 9.55 Å². The average molecular weight is 223 g/mol. The van der Waals surface area contributed by atoms with Crippen LogP contribution in [0.4, 0.5) is 0 Å². The van der Waals surface area contributed by atoms with Crippen LogP contribution < -0.4 is 0 Å². The maximum absolute atomic E-state index is 5.89. The molecular formula is C12H15ClN2. The van der Waals surface area contributed by atoms with E-state index in [1.807, 2.05) is 6.08 Å². The number of nitrogens with zero attached hydrogens (tertiary/aromatic N) is 2. The highest BCUT2D eigenvalue weighted by Crippen LogP contribution is 2.31. The zero-order chi connectivity index (χ0) is 10.8. The first-order valence-corrected chi connectivity index (χ1v) is 5.78. The molecule has 1 aliphatic heterocycles. The number of alkyl halides is 1. The van der Waals surface area contributed by atoms with Crippen LogP contribution in [0.2, 0.25) is 0 Å². The Labute approximate surface area is 95.3 Å². The molecule has 3 heteroatoms. The van der Waals surface area contributed by atoms with Gasteiger partial charge in [-0.05, 0) is 31.4 Å². The van der Waals surface area contributed by atoms with E-state index in [2.05, 4.69) is 29.1 Å². The lowest BCUT2D eigenvalue weighted by atomic mass is 10.0. The molecular weight excluding hydrogens is 208 g/mol. The Kier molecular flexibility index (Phi) is 2.96. The number of allylic oxidation sites excluding steroid dienone is 2. The Morgan fingerprint density at radius 2 is 2.40 bits per heavy atom. The van der Waals surface area contributed by atoms with Crippen LogP contribution in [0, 0.1) is 0 Å². The van der Waals surface area contributed by atoms with E-state index in [0.29, 0.717) is 5.88 Å². The van der Waals surface area contributed by atoms with Crippen molar-refractivity contribution >= 4 is 23.3 Å². The van der Waals surface area contributed by atoms with Crippen molar-refractivity contribution in [1.29, 1.82) is 0 Å². The minimum absolute atomic E-state index is 0.470. The summed E-state index contributed by atoms with van der Waals surface area (Å²) in [6, 6.07) is 0. The van der Waals surface area contributed by atoms with E-state index in [-0.39, 0.29) is 0 Å². The Bertz CT molecular complexity index is 416. The smallest absolute Gasteiger partial charge is 0.124 e. The first kappa shape index (κ1) is 10.5. The van der Waals surface area contributed by atoms with Crippen LogP contribution in [0.3, 0.4) is 0 Å². The third kappa shape index (κ3) is 1.63. The van der Waals surface area contributed by atoms with Gasteiger partial charge in [0, 0.05) is 6.54 Å². The molecule has 2 nitrogen and oxygen atoms in total. The van der Waals surface area contributed by atoms with Crippen molar-refractivity contribution < 1.29 is 0 Å². The summed E-state index contributed by atoms with van der Waals surface area (Å²) in [5, 5.41) is 0. The van der Waals surface area contributed by atoms with E-state index in [1.165, 1.54) is 17.7 Å². The van der Waals surface area contributed by atoms with Gasteiger partial charge in [-0.2, -0.15) is 0 Å². The second-order valence-corrected chi connectivity index (χ2v) is 3.94. The monoisotopic (exact) mass is 222 g/mol. The van der Waals surface area contributed by atoms with E-state index < -0.39 is 0 Å². The van der Waals surface area contributed by atoms with E-state index >= 15 is 0 Å². The maximum atomic E-state index is 5.89. The van der Waals surface area contributed by atoms with Gasteiger partial charge in [-0.3, -0.25) is 0 Å². The molecule has 1 aromatic rings. The third-order valence-corrected chi connectivity index (χ3v) is 3.11. The predicted molar refractivity (Wildman–Crippen MR) is 64.8 cm³/mol. The van der Waals surface area contributed by atoms with Gasteiger partial charge in [-0.1, -0.05) is 12.7 Å². The topological polar surface area (TPSA) is 17.8 Å². The van der Waals surface area contributed by atoms with Crippen molar-refractivity contribution in [2.24, 2.45) is 0 Å². The highest BCUT2D eigenvalue weighted by atomic mass is 35.5. The van der Waals surface area contributed by atoms with Gasteiger partial charge in [0.05, 0.1) is 17.3 Å². The van der Waals surface area contributed by atoms with Crippen LogP contribution in [0.25, 0.3) is 11.6 Å². The van der Waals surface area contributed by atoms with Gasteiger partial charge in [-0.15, -0.1) is 11.6 Å². The number of halogens is 1. The first-order valence-electron chi connectivity index (χ1n) is 5.25. The molecule has 0 saturated carbocycles. The minimum Gasteiger partial charge on any atom is -0.327 e. The fraction of sp³-hybridized carbons (Fsp3) is 0.417. The molecule has 0 bridgehead atoms. The molecule has 1 aromatic heterocycles. The fourth-order valence-electron chi connectivity index (χ4n) is 2.17. The molecule has 0 N–H and O–H groups in total. The minimum atomic E-state index is 0.470. The Hall–Kier alpha value is -1.02. The van der Waals surface area contributed by atoms with Crippen molar-refractivity contribution in [3.05, 3.63) is 29.9 Å². The molecule has 0 radical (unpaired) electrons. The van der Waals surface area contributed by atoms with E-state index in [1.54, 1.807) is 0 Å². The SMILES string of the molecule is C=Cc1nc(CCl)n2c1/C(=C\C)CCC2. The third-order valence-electron chi connectivity index (χ3n) is 2.87. The quantitative estimate of drug-likeness (QED) is 0.701. The lowest BCUT2D eigenvalue weighted by Gasteiger charge is -2.19. The van der Waals surface area contributed by atoms with Gasteiger partial charge >= 0.3 is 0 Å². The standard InChI is InChI=1S/C12H15ClN2/c1-3-9-6-5-7-15-11(8-13)14-10(4-2)12(9)15/h3-4H,2,5-8H2,1H3/b9-3-. The summed E-state index contributed by atoms with van der Waals surface area (Å²) in [7, 11) is 0. The van der Waals surface area contributed by atoms with Gasteiger partial charge in [0.25, 0.3) is 0 Å².